The largest absolute Gasteiger partial charge is 0.286 e. The molecule has 0 aromatic rings. The molecule has 0 aliphatic heterocycles. The quantitative estimate of drug-likeness (QED) is 0.422. The van der Waals surface area contributed by atoms with Crippen molar-refractivity contribution in [2.75, 3.05) is 6.26 Å². The molecule has 5 heteroatoms. The van der Waals surface area contributed by atoms with Crippen molar-refractivity contribution in [1.82, 2.24) is 0 Å². The van der Waals surface area contributed by atoms with E-state index in [9.17, 15) is 8.42 Å². The van der Waals surface area contributed by atoms with E-state index in [1.807, 2.05) is 0 Å². The summed E-state index contributed by atoms with van der Waals surface area (Å²) in [6.45, 7) is 0. The summed E-state index contributed by atoms with van der Waals surface area (Å²) < 4.78 is 25.9. The Morgan fingerprint density at radius 2 is 1.50 bits per heavy atom. The number of hydrogen-bond donors (Lipinski definition) is 1. The van der Waals surface area contributed by atoms with E-state index in [0.717, 1.165) is 0 Å². The van der Waals surface area contributed by atoms with Crippen LogP contribution in [0.2, 0.25) is 0 Å². The molecule has 1 radical (unpaired) electrons. The van der Waals surface area contributed by atoms with Crippen LogP contribution in [-0.2, 0) is 29.6 Å². The van der Waals surface area contributed by atoms with Gasteiger partial charge in [-0.25, -0.2) is 0 Å². The standard InChI is InChI=1S/CH4O3S.Rh/c1-5(2,3)4;/h1H3,(H,2,3,4);. The Morgan fingerprint density at radius 1 is 1.50 bits per heavy atom. The van der Waals surface area contributed by atoms with E-state index < -0.39 is 10.1 Å². The fourth-order valence-corrected chi connectivity index (χ4v) is 0. The second-order valence-corrected chi connectivity index (χ2v) is 2.20. The van der Waals surface area contributed by atoms with Crippen molar-refractivity contribution in [2.24, 2.45) is 0 Å². The SMILES string of the molecule is CS(=O)(=O)O.[Rh]. The van der Waals surface area contributed by atoms with Gasteiger partial charge in [0, 0.05) is 19.5 Å². The smallest absolute Gasteiger partial charge is 0.261 e. The maximum atomic E-state index is 9.19. The first-order valence-corrected chi connectivity index (χ1v) is 2.77. The van der Waals surface area contributed by atoms with E-state index in [-0.39, 0.29) is 19.5 Å². The third-order valence-electron chi connectivity index (χ3n) is 0. The molecule has 0 saturated carbocycles. The average Bonchev–Trinajstić information content (AvgIpc) is 0.722. The van der Waals surface area contributed by atoms with Crippen LogP contribution < -0.4 is 0 Å². The third-order valence-corrected chi connectivity index (χ3v) is 0. The summed E-state index contributed by atoms with van der Waals surface area (Å²) >= 11 is 0. The van der Waals surface area contributed by atoms with Crippen molar-refractivity contribution in [2.45, 2.75) is 0 Å². The van der Waals surface area contributed by atoms with Crippen molar-refractivity contribution in [3.8, 4) is 0 Å². The maximum Gasteiger partial charge on any atom is 0.261 e. The Labute approximate surface area is 49.3 Å². The van der Waals surface area contributed by atoms with Gasteiger partial charge >= 0.3 is 0 Å². The van der Waals surface area contributed by atoms with Crippen LogP contribution in [-0.4, -0.2) is 19.2 Å². The minimum Gasteiger partial charge on any atom is -0.286 e. The van der Waals surface area contributed by atoms with E-state index in [0.29, 0.717) is 6.26 Å². The van der Waals surface area contributed by atoms with Gasteiger partial charge in [0.2, 0.25) is 0 Å². The van der Waals surface area contributed by atoms with Crippen LogP contribution in [0.3, 0.4) is 0 Å². The van der Waals surface area contributed by atoms with E-state index in [4.69, 9.17) is 4.55 Å². The monoisotopic (exact) mass is 199 g/mol. The summed E-state index contributed by atoms with van der Waals surface area (Å²) in [6, 6.07) is 0. The minimum atomic E-state index is -3.67. The van der Waals surface area contributed by atoms with Crippen molar-refractivity contribution >= 4 is 10.1 Å². The zero-order valence-electron chi connectivity index (χ0n) is 3.01. The van der Waals surface area contributed by atoms with E-state index in [2.05, 4.69) is 0 Å². The summed E-state index contributed by atoms with van der Waals surface area (Å²) in [5.41, 5.74) is 0. The minimum absolute atomic E-state index is 0. The molecule has 1 N–H and O–H groups in total. The van der Waals surface area contributed by atoms with Crippen LogP contribution in [0.15, 0.2) is 0 Å². The topological polar surface area (TPSA) is 54.4 Å². The molecule has 3 nitrogen and oxygen atoms in total. The first kappa shape index (κ1) is 9.73. The summed E-state index contributed by atoms with van der Waals surface area (Å²) in [6.07, 6.45) is 0.715. The van der Waals surface area contributed by atoms with E-state index >= 15 is 0 Å². The van der Waals surface area contributed by atoms with E-state index in [1.165, 1.54) is 0 Å². The molecule has 0 atom stereocenters. The molecular weight excluding hydrogens is 195 g/mol. The van der Waals surface area contributed by atoms with Crippen LogP contribution in [0.5, 0.6) is 0 Å². The van der Waals surface area contributed by atoms with Gasteiger partial charge in [0.25, 0.3) is 10.1 Å². The first-order chi connectivity index (χ1) is 2.00. The van der Waals surface area contributed by atoms with Gasteiger partial charge in [0.1, 0.15) is 0 Å². The molecule has 6 heavy (non-hydrogen) atoms. The number of hydrogen-bond acceptors (Lipinski definition) is 2. The van der Waals surface area contributed by atoms with E-state index in [1.54, 1.807) is 0 Å². The van der Waals surface area contributed by atoms with Crippen LogP contribution >= 0.6 is 0 Å². The van der Waals surface area contributed by atoms with Crippen molar-refractivity contribution < 1.29 is 32.4 Å². The van der Waals surface area contributed by atoms with Gasteiger partial charge in [-0.15, -0.1) is 0 Å². The van der Waals surface area contributed by atoms with Crippen molar-refractivity contribution in [1.29, 1.82) is 0 Å². The summed E-state index contributed by atoms with van der Waals surface area (Å²) in [4.78, 5) is 0. The zero-order valence-corrected chi connectivity index (χ0v) is 5.46. The molecule has 41 valence electrons. The third kappa shape index (κ3) is 199. The molecule has 0 aromatic carbocycles. The molecule has 0 aliphatic carbocycles. The van der Waals surface area contributed by atoms with Gasteiger partial charge in [0.05, 0.1) is 6.26 Å². The Bertz CT molecular complexity index is 94.0. The average molecular weight is 199 g/mol. The Kier molecular flexibility index (Phi) is 4.32. The summed E-state index contributed by atoms with van der Waals surface area (Å²) in [5.74, 6) is 0. The van der Waals surface area contributed by atoms with Gasteiger partial charge in [0.15, 0.2) is 0 Å². The molecule has 0 fully saturated rings. The van der Waals surface area contributed by atoms with Crippen LogP contribution in [0.1, 0.15) is 0 Å². The van der Waals surface area contributed by atoms with Gasteiger partial charge in [-0.2, -0.15) is 8.42 Å². The molecule has 0 aromatic heterocycles. The maximum absolute atomic E-state index is 9.19. The van der Waals surface area contributed by atoms with Gasteiger partial charge in [-0.3, -0.25) is 4.55 Å². The predicted molar refractivity (Wildman–Crippen MR) is 17.5 cm³/mol. The summed E-state index contributed by atoms with van der Waals surface area (Å²) in [7, 11) is -3.67. The number of rotatable bonds is 0. The zero-order chi connectivity index (χ0) is 4.50. The molecule has 0 bridgehead atoms. The molecule has 0 spiro atoms. The van der Waals surface area contributed by atoms with Crippen molar-refractivity contribution in [3.05, 3.63) is 0 Å². The second-order valence-electron chi connectivity index (χ2n) is 0.733. The molecule has 0 aliphatic rings. The molecule has 0 amide bonds. The molecule has 0 heterocycles. The predicted octanol–water partition coefficient (Wildman–Crippen LogP) is -0.498. The second kappa shape index (κ2) is 2.66. The first-order valence-electron chi connectivity index (χ1n) is 0.924. The Morgan fingerprint density at radius 3 is 1.50 bits per heavy atom. The Balaban J connectivity index is 0. The fourth-order valence-electron chi connectivity index (χ4n) is 0. The molecule has 0 unspecified atom stereocenters. The van der Waals surface area contributed by atoms with Crippen molar-refractivity contribution in [3.63, 3.8) is 0 Å². The fraction of sp³-hybridized carbons (Fsp3) is 1.00. The van der Waals surface area contributed by atoms with Crippen LogP contribution in [0.25, 0.3) is 0 Å². The van der Waals surface area contributed by atoms with Gasteiger partial charge in [-0.1, -0.05) is 0 Å². The van der Waals surface area contributed by atoms with Crippen LogP contribution in [0, 0.1) is 0 Å². The van der Waals surface area contributed by atoms with Gasteiger partial charge in [-0.05, 0) is 0 Å². The molecule has 0 rings (SSSR count). The van der Waals surface area contributed by atoms with Gasteiger partial charge < -0.3 is 0 Å². The summed E-state index contributed by atoms with van der Waals surface area (Å²) in [5, 5.41) is 0. The molecular formula is CH4O3RhS. The normalized spacial score (nSPS) is 9.67. The molecule has 0 saturated heterocycles. The van der Waals surface area contributed by atoms with Crippen LogP contribution in [0.4, 0.5) is 0 Å². The Hall–Kier alpha value is 0.533.